The van der Waals surface area contributed by atoms with E-state index in [4.69, 9.17) is 11.6 Å². The van der Waals surface area contributed by atoms with Crippen LogP contribution < -0.4 is 5.32 Å². The molecule has 30 heavy (non-hydrogen) atoms. The number of amides is 1. The minimum Gasteiger partial charge on any atom is -0.302 e. The summed E-state index contributed by atoms with van der Waals surface area (Å²) in [7, 11) is -3.45. The number of hydrogen-bond acceptors (Lipinski definition) is 7. The molecule has 10 heteroatoms. The summed E-state index contributed by atoms with van der Waals surface area (Å²) in [4.78, 5) is 21.4. The Balaban J connectivity index is 1.33. The summed E-state index contributed by atoms with van der Waals surface area (Å²) in [6.45, 7) is 0. The van der Waals surface area contributed by atoms with Gasteiger partial charge in [0.25, 0.3) is 0 Å². The summed E-state index contributed by atoms with van der Waals surface area (Å²) < 4.78 is 25.7. The van der Waals surface area contributed by atoms with Crippen molar-refractivity contribution in [2.75, 3.05) is 11.1 Å². The number of nitrogens with zero attached hydrogens (tertiary/aromatic N) is 2. The molecule has 4 aromatic rings. The lowest BCUT2D eigenvalue weighted by molar-refractivity contribution is -0.116. The van der Waals surface area contributed by atoms with Gasteiger partial charge in [0.1, 0.15) is 10.7 Å². The summed E-state index contributed by atoms with van der Waals surface area (Å²) in [5.41, 5.74) is 1.62. The Hall–Kier alpha value is -2.33. The zero-order valence-electron chi connectivity index (χ0n) is 15.5. The number of carbonyl (C=O) groups is 1. The molecule has 6 nitrogen and oxygen atoms in total. The second-order valence-electron chi connectivity index (χ2n) is 6.45. The number of hydrogen-bond donors (Lipinski definition) is 1. The minimum atomic E-state index is -3.45. The van der Waals surface area contributed by atoms with Crippen LogP contribution in [0.5, 0.6) is 0 Å². The lowest BCUT2D eigenvalue weighted by atomic mass is 10.3. The van der Waals surface area contributed by atoms with Gasteiger partial charge >= 0.3 is 0 Å². The number of benzene rings is 2. The van der Waals surface area contributed by atoms with Crippen LogP contribution in [0.4, 0.5) is 5.13 Å². The molecule has 0 saturated heterocycles. The second kappa shape index (κ2) is 8.81. The van der Waals surface area contributed by atoms with E-state index < -0.39 is 9.84 Å². The van der Waals surface area contributed by atoms with Crippen molar-refractivity contribution in [2.24, 2.45) is 0 Å². The van der Waals surface area contributed by atoms with Gasteiger partial charge in [0.05, 0.1) is 20.9 Å². The van der Waals surface area contributed by atoms with Gasteiger partial charge in [0, 0.05) is 16.8 Å². The Kier molecular flexibility index (Phi) is 6.14. The Morgan fingerprint density at radius 1 is 1.07 bits per heavy atom. The zero-order chi connectivity index (χ0) is 21.1. The van der Waals surface area contributed by atoms with Gasteiger partial charge in [0.15, 0.2) is 15.0 Å². The summed E-state index contributed by atoms with van der Waals surface area (Å²) in [5, 5.41) is 6.31. The third kappa shape index (κ3) is 4.86. The highest BCUT2D eigenvalue weighted by molar-refractivity contribution is 7.91. The molecule has 2 aromatic carbocycles. The zero-order valence-corrected chi connectivity index (χ0v) is 18.7. The molecule has 0 aliphatic rings. The van der Waals surface area contributed by atoms with Crippen LogP contribution in [0.2, 0.25) is 5.02 Å². The number of sulfone groups is 1. The Morgan fingerprint density at radius 2 is 1.83 bits per heavy atom. The third-order valence-electron chi connectivity index (χ3n) is 4.25. The summed E-state index contributed by atoms with van der Waals surface area (Å²) >= 11 is 8.65. The Labute approximate surface area is 186 Å². The maximum absolute atomic E-state index is 12.3. The fourth-order valence-corrected chi connectivity index (χ4v) is 5.92. The first-order valence-electron chi connectivity index (χ1n) is 9.00. The lowest BCUT2D eigenvalue weighted by Crippen LogP contribution is -2.14. The highest BCUT2D eigenvalue weighted by atomic mass is 35.5. The predicted octanol–water partition coefficient (Wildman–Crippen LogP) is 5.27. The fourth-order valence-electron chi connectivity index (χ4n) is 2.78. The van der Waals surface area contributed by atoms with Crippen LogP contribution in [0.15, 0.2) is 58.8 Å². The number of fused-ring (bicyclic) bond motifs is 1. The molecule has 0 aliphatic heterocycles. The first-order valence-corrected chi connectivity index (χ1v) is 12.7. The molecule has 0 atom stereocenters. The van der Waals surface area contributed by atoms with E-state index in [1.54, 1.807) is 11.3 Å². The number of aromatic nitrogens is 2. The molecule has 0 saturated carbocycles. The smallest absolute Gasteiger partial charge is 0.226 e. The van der Waals surface area contributed by atoms with Gasteiger partial charge in [-0.2, -0.15) is 0 Å². The number of anilines is 1. The summed E-state index contributed by atoms with van der Waals surface area (Å²) in [6.07, 6.45) is 0.301. The van der Waals surface area contributed by atoms with Crippen molar-refractivity contribution in [3.05, 3.63) is 58.9 Å². The quantitative estimate of drug-likeness (QED) is 0.392. The summed E-state index contributed by atoms with van der Waals surface area (Å²) in [5.74, 6) is -0.386. The van der Waals surface area contributed by atoms with Crippen molar-refractivity contribution in [1.82, 2.24) is 9.97 Å². The van der Waals surface area contributed by atoms with E-state index in [-0.39, 0.29) is 29.4 Å². The molecule has 2 heterocycles. The molecule has 4 rings (SSSR count). The van der Waals surface area contributed by atoms with E-state index >= 15 is 0 Å². The van der Waals surface area contributed by atoms with Crippen molar-refractivity contribution in [3.63, 3.8) is 0 Å². The molecular weight excluding hydrogens is 462 g/mol. The molecule has 0 unspecified atom stereocenters. The first-order chi connectivity index (χ1) is 14.4. The molecule has 154 valence electrons. The van der Waals surface area contributed by atoms with Gasteiger partial charge in [-0.15, -0.1) is 22.7 Å². The number of carbonyl (C=O) groups excluding carboxylic acids is 1. The van der Waals surface area contributed by atoms with Crippen LogP contribution in [-0.2, 0) is 14.6 Å². The highest BCUT2D eigenvalue weighted by Crippen LogP contribution is 2.32. The molecule has 2 aromatic heterocycles. The maximum atomic E-state index is 12.3. The first kappa shape index (κ1) is 20.9. The lowest BCUT2D eigenvalue weighted by Gasteiger charge is -2.05. The molecule has 0 spiro atoms. The molecule has 1 amide bonds. The maximum Gasteiger partial charge on any atom is 0.226 e. The van der Waals surface area contributed by atoms with E-state index in [1.807, 2.05) is 29.6 Å². The SMILES string of the molecule is O=C(CCCS(=O)(=O)c1ccc(Cl)cc1)Nc1nc(-c2nc3ccccc3s2)cs1. The van der Waals surface area contributed by atoms with E-state index in [0.717, 1.165) is 15.2 Å². The highest BCUT2D eigenvalue weighted by Gasteiger charge is 2.16. The predicted molar refractivity (Wildman–Crippen MR) is 122 cm³/mol. The van der Waals surface area contributed by atoms with Gasteiger partial charge in [-0.1, -0.05) is 23.7 Å². The van der Waals surface area contributed by atoms with Crippen LogP contribution >= 0.6 is 34.3 Å². The van der Waals surface area contributed by atoms with Gasteiger partial charge in [-0.25, -0.2) is 18.4 Å². The van der Waals surface area contributed by atoms with Gasteiger partial charge < -0.3 is 5.32 Å². The molecule has 0 aliphatic carbocycles. The Bertz CT molecular complexity index is 1260. The second-order valence-corrected chi connectivity index (χ2v) is 10.9. The average Bonchev–Trinajstić information content (AvgIpc) is 3.34. The van der Waals surface area contributed by atoms with Crippen LogP contribution in [-0.4, -0.2) is 30.0 Å². The molecule has 0 radical (unpaired) electrons. The van der Waals surface area contributed by atoms with Crippen molar-refractivity contribution >= 4 is 65.4 Å². The number of nitrogens with one attached hydrogen (secondary N) is 1. The molecule has 0 bridgehead atoms. The third-order valence-corrected chi connectivity index (χ3v) is 8.14. The van der Waals surface area contributed by atoms with Crippen LogP contribution in [0.25, 0.3) is 20.9 Å². The van der Waals surface area contributed by atoms with E-state index in [0.29, 0.717) is 15.8 Å². The molecule has 0 fully saturated rings. The van der Waals surface area contributed by atoms with Crippen molar-refractivity contribution < 1.29 is 13.2 Å². The van der Waals surface area contributed by atoms with Crippen molar-refractivity contribution in [3.8, 4) is 10.7 Å². The minimum absolute atomic E-state index is 0.0862. The van der Waals surface area contributed by atoms with Gasteiger partial charge in [-0.05, 0) is 42.8 Å². The van der Waals surface area contributed by atoms with E-state index in [1.165, 1.54) is 35.6 Å². The topological polar surface area (TPSA) is 89.0 Å². The summed E-state index contributed by atoms with van der Waals surface area (Å²) in [6, 6.07) is 13.9. The largest absolute Gasteiger partial charge is 0.302 e. The number of halogens is 1. The van der Waals surface area contributed by atoms with Gasteiger partial charge in [0.2, 0.25) is 5.91 Å². The number of thiazole rings is 2. The van der Waals surface area contributed by atoms with E-state index in [2.05, 4.69) is 15.3 Å². The van der Waals surface area contributed by atoms with Crippen LogP contribution in [0.3, 0.4) is 0 Å². The number of rotatable bonds is 7. The van der Waals surface area contributed by atoms with Crippen LogP contribution in [0, 0.1) is 0 Å². The standard InChI is InChI=1S/C20H16ClN3O3S3/c21-13-7-9-14(10-8-13)30(26,27)11-3-6-18(25)24-20-23-16(12-28-20)19-22-15-4-1-2-5-17(15)29-19/h1-2,4-5,7-10,12H,3,6,11H2,(H,23,24,25). The molecular formula is C20H16ClN3O3S3. The van der Waals surface area contributed by atoms with Crippen molar-refractivity contribution in [1.29, 1.82) is 0 Å². The molecule has 1 N–H and O–H groups in total. The fraction of sp³-hybridized carbons (Fsp3) is 0.150. The normalized spacial score (nSPS) is 11.6. The monoisotopic (exact) mass is 477 g/mol. The van der Waals surface area contributed by atoms with Crippen LogP contribution in [0.1, 0.15) is 12.8 Å². The van der Waals surface area contributed by atoms with Gasteiger partial charge in [-0.3, -0.25) is 4.79 Å². The number of para-hydroxylation sites is 1. The van der Waals surface area contributed by atoms with E-state index in [9.17, 15) is 13.2 Å². The van der Waals surface area contributed by atoms with Crippen molar-refractivity contribution in [2.45, 2.75) is 17.7 Å². The average molecular weight is 478 g/mol. The Morgan fingerprint density at radius 3 is 2.60 bits per heavy atom.